The van der Waals surface area contributed by atoms with E-state index < -0.39 is 5.97 Å². The Bertz CT molecular complexity index is 244. The summed E-state index contributed by atoms with van der Waals surface area (Å²) in [4.78, 5) is 21.9. The van der Waals surface area contributed by atoms with Gasteiger partial charge in [0.1, 0.15) is 6.61 Å². The van der Waals surface area contributed by atoms with E-state index in [4.69, 9.17) is 4.74 Å². The number of ether oxygens (including phenoxy) is 1. The van der Waals surface area contributed by atoms with Crippen molar-refractivity contribution in [1.82, 2.24) is 10.6 Å². The number of carbonyl (C=O) groups is 2. The smallest absolute Gasteiger partial charge is 0.333 e. The molecular weight excluding hydrogens is 212 g/mol. The number of esters is 1. The Labute approximate surface area is 92.1 Å². The highest BCUT2D eigenvalue weighted by molar-refractivity contribution is 6.34. The minimum atomic E-state index is -0.438. The number of carbonyl (C=O) groups excluding carboxylic acids is 2. The van der Waals surface area contributed by atoms with Gasteiger partial charge < -0.3 is 15.4 Å². The number of rotatable bonds is 6. The van der Waals surface area contributed by atoms with E-state index in [9.17, 15) is 9.59 Å². The van der Waals surface area contributed by atoms with Crippen LogP contribution in [0.2, 0.25) is 6.55 Å². The van der Waals surface area contributed by atoms with Crippen molar-refractivity contribution in [3.8, 4) is 0 Å². The predicted molar refractivity (Wildman–Crippen MR) is 58.8 cm³/mol. The second-order valence-electron chi connectivity index (χ2n) is 2.88. The normalized spacial score (nSPS) is 9.20. The molecule has 0 aliphatic heterocycles. The van der Waals surface area contributed by atoms with E-state index in [1.807, 2.05) is 6.55 Å². The largest absolute Gasteiger partial charge is 0.460 e. The molecule has 0 bridgehead atoms. The van der Waals surface area contributed by atoms with Crippen LogP contribution >= 0.6 is 0 Å². The van der Waals surface area contributed by atoms with Gasteiger partial charge in [-0.1, -0.05) is 13.1 Å². The van der Waals surface area contributed by atoms with Crippen molar-refractivity contribution in [3.63, 3.8) is 0 Å². The minimum absolute atomic E-state index is 0.160. The Hall–Kier alpha value is -1.30. The Kier molecular flexibility index (Phi) is 7.34. The second-order valence-corrected chi connectivity index (χ2v) is 3.94. The summed E-state index contributed by atoms with van der Waals surface area (Å²) >= 11 is 0. The van der Waals surface area contributed by atoms with Crippen LogP contribution in [0.25, 0.3) is 0 Å². The highest BCUT2D eigenvalue weighted by Crippen LogP contribution is 1.90. The van der Waals surface area contributed by atoms with Gasteiger partial charge >= 0.3 is 12.0 Å². The molecular formula is C9H16N2O3Si. The fraction of sp³-hybridized carbons (Fsp3) is 0.556. The van der Waals surface area contributed by atoms with Crippen molar-refractivity contribution in [2.45, 2.75) is 13.5 Å². The van der Waals surface area contributed by atoms with Crippen molar-refractivity contribution in [2.75, 3.05) is 19.3 Å². The number of hydrogen-bond acceptors (Lipinski definition) is 3. The maximum absolute atomic E-state index is 11.0. The van der Waals surface area contributed by atoms with E-state index in [-0.39, 0.29) is 12.6 Å². The molecule has 2 amide bonds. The molecule has 0 fully saturated rings. The first-order valence-electron chi connectivity index (χ1n) is 4.57. The van der Waals surface area contributed by atoms with Gasteiger partial charge in [0.05, 0.1) is 16.1 Å². The first kappa shape index (κ1) is 13.7. The van der Waals surface area contributed by atoms with E-state index in [0.29, 0.717) is 27.8 Å². The summed E-state index contributed by atoms with van der Waals surface area (Å²) in [5.41, 5.74) is 0.353. The van der Waals surface area contributed by atoms with Crippen LogP contribution in [0.15, 0.2) is 12.2 Å². The Morgan fingerprint density at radius 3 is 2.60 bits per heavy atom. The molecule has 0 aliphatic carbocycles. The van der Waals surface area contributed by atoms with Crippen molar-refractivity contribution < 1.29 is 14.3 Å². The summed E-state index contributed by atoms with van der Waals surface area (Å²) in [6.07, 6.45) is 0.664. The lowest BCUT2D eigenvalue weighted by Crippen LogP contribution is -2.39. The fourth-order valence-electron chi connectivity index (χ4n) is 0.663. The molecule has 0 spiro atoms. The molecule has 0 aromatic heterocycles. The molecule has 0 aliphatic rings. The van der Waals surface area contributed by atoms with Crippen LogP contribution in [-0.2, 0) is 9.53 Å². The van der Waals surface area contributed by atoms with Gasteiger partial charge in [0.25, 0.3) is 0 Å². The van der Waals surface area contributed by atoms with Gasteiger partial charge in [-0.05, 0) is 6.92 Å². The molecule has 0 saturated heterocycles. The summed E-state index contributed by atoms with van der Waals surface area (Å²) < 4.78 is 4.78. The molecule has 0 saturated carbocycles. The third kappa shape index (κ3) is 7.74. The van der Waals surface area contributed by atoms with E-state index in [1.165, 1.54) is 0 Å². The van der Waals surface area contributed by atoms with Gasteiger partial charge in [-0.2, -0.15) is 0 Å². The average Bonchev–Trinajstić information content (AvgIpc) is 2.20. The van der Waals surface area contributed by atoms with E-state index in [1.54, 1.807) is 6.92 Å². The lowest BCUT2D eigenvalue weighted by molar-refractivity contribution is -0.138. The van der Waals surface area contributed by atoms with E-state index in [0.717, 1.165) is 0 Å². The van der Waals surface area contributed by atoms with Crippen LogP contribution in [0.4, 0.5) is 4.79 Å². The Morgan fingerprint density at radius 1 is 1.40 bits per heavy atom. The van der Waals surface area contributed by atoms with Crippen LogP contribution in [0.3, 0.4) is 0 Å². The van der Waals surface area contributed by atoms with Gasteiger partial charge in [0, 0.05) is 11.7 Å². The molecule has 0 rings (SSSR count). The predicted octanol–water partition coefficient (Wildman–Crippen LogP) is 0.115. The lowest BCUT2D eigenvalue weighted by atomic mass is 10.4. The standard InChI is InChI=1S/C9H16N2O3Si/c1-7(2)8(12)14-5-4-10-9(13)11-6-15-3/h1,4-6H2,2-3H3,(H2,10,11,13). The lowest BCUT2D eigenvalue weighted by Gasteiger charge is -2.07. The molecule has 0 unspecified atom stereocenters. The topological polar surface area (TPSA) is 67.4 Å². The van der Waals surface area contributed by atoms with Crippen molar-refractivity contribution >= 4 is 21.5 Å². The summed E-state index contributed by atoms with van der Waals surface area (Å²) in [5, 5.41) is 5.21. The first-order valence-corrected chi connectivity index (χ1v) is 6.27. The van der Waals surface area contributed by atoms with Gasteiger partial charge in [-0.15, -0.1) is 0 Å². The Balaban J connectivity index is 3.42. The van der Waals surface area contributed by atoms with Gasteiger partial charge in [-0.25, -0.2) is 9.59 Å². The van der Waals surface area contributed by atoms with Gasteiger partial charge in [-0.3, -0.25) is 0 Å². The molecule has 0 atom stereocenters. The second kappa shape index (κ2) is 8.04. The molecule has 0 aromatic rings. The summed E-state index contributed by atoms with van der Waals surface area (Å²) in [5.74, 6) is -0.438. The highest BCUT2D eigenvalue weighted by atomic mass is 28.2. The number of nitrogens with one attached hydrogen (secondary N) is 2. The molecule has 6 heteroatoms. The van der Waals surface area contributed by atoms with Crippen molar-refractivity contribution in [1.29, 1.82) is 0 Å². The fourth-order valence-corrected chi connectivity index (χ4v) is 1.000. The SMILES string of the molecule is C=C(C)C(=O)OCCNC(=O)NC[Si]C. The Morgan fingerprint density at radius 2 is 2.07 bits per heavy atom. The van der Waals surface area contributed by atoms with E-state index in [2.05, 4.69) is 17.2 Å². The quantitative estimate of drug-likeness (QED) is 0.293. The minimum Gasteiger partial charge on any atom is -0.460 e. The molecule has 84 valence electrons. The molecule has 0 aromatic carbocycles. The molecule has 0 heterocycles. The maximum atomic E-state index is 11.0. The van der Waals surface area contributed by atoms with Crippen LogP contribution in [-0.4, -0.2) is 40.8 Å². The molecule has 2 radical (unpaired) electrons. The van der Waals surface area contributed by atoms with Gasteiger partial charge in [0.2, 0.25) is 0 Å². The summed E-state index contributed by atoms with van der Waals surface area (Å²) in [7, 11) is 0.680. The van der Waals surface area contributed by atoms with Gasteiger partial charge in [0.15, 0.2) is 0 Å². The summed E-state index contributed by atoms with van der Waals surface area (Å²) in [6, 6.07) is -0.240. The zero-order valence-corrected chi connectivity index (χ0v) is 10.1. The molecule has 2 N–H and O–H groups in total. The highest BCUT2D eigenvalue weighted by Gasteiger charge is 2.02. The van der Waals surface area contributed by atoms with E-state index >= 15 is 0 Å². The average molecular weight is 228 g/mol. The third-order valence-electron chi connectivity index (χ3n) is 1.39. The van der Waals surface area contributed by atoms with Crippen LogP contribution in [0.1, 0.15) is 6.92 Å². The number of amides is 2. The third-order valence-corrected chi connectivity index (χ3v) is 1.93. The summed E-state index contributed by atoms with van der Waals surface area (Å²) in [6.45, 7) is 7.47. The monoisotopic (exact) mass is 228 g/mol. The van der Waals surface area contributed by atoms with Crippen LogP contribution in [0, 0.1) is 0 Å². The maximum Gasteiger partial charge on any atom is 0.333 e. The molecule has 15 heavy (non-hydrogen) atoms. The zero-order chi connectivity index (χ0) is 11.7. The van der Waals surface area contributed by atoms with Crippen LogP contribution < -0.4 is 10.6 Å². The van der Waals surface area contributed by atoms with Crippen molar-refractivity contribution in [2.24, 2.45) is 0 Å². The molecule has 5 nitrogen and oxygen atoms in total. The van der Waals surface area contributed by atoms with Crippen LogP contribution in [0.5, 0.6) is 0 Å². The van der Waals surface area contributed by atoms with Crippen molar-refractivity contribution in [3.05, 3.63) is 12.2 Å². The number of hydrogen-bond donors (Lipinski definition) is 2. The first-order chi connectivity index (χ1) is 7.07. The number of urea groups is 1. The zero-order valence-electron chi connectivity index (χ0n) is 9.05.